The molecule has 2 aromatic rings. The summed E-state index contributed by atoms with van der Waals surface area (Å²) in [5, 5.41) is 12.6. The number of benzene rings is 2. The van der Waals surface area contributed by atoms with Gasteiger partial charge in [0.1, 0.15) is 11.6 Å². The second-order valence-electron chi connectivity index (χ2n) is 12.0. The number of hydrogen-bond acceptors (Lipinski definition) is 5. The summed E-state index contributed by atoms with van der Waals surface area (Å²) in [6.07, 6.45) is 4.49. The number of aliphatic hydroxyl groups excluding tert-OH is 1. The zero-order chi connectivity index (χ0) is 29.5. The number of likely N-dealkylation sites (tertiary alicyclic amines) is 1. The van der Waals surface area contributed by atoms with Crippen LogP contribution < -0.4 is 4.90 Å². The Morgan fingerprint density at radius 3 is 2.49 bits per heavy atom. The van der Waals surface area contributed by atoms with Crippen molar-refractivity contribution in [3.8, 4) is 0 Å². The van der Waals surface area contributed by atoms with Gasteiger partial charge < -0.3 is 24.5 Å². The van der Waals surface area contributed by atoms with E-state index in [9.17, 15) is 19.5 Å². The lowest BCUT2D eigenvalue weighted by atomic mass is 9.70. The second-order valence-corrected chi connectivity index (χ2v) is 12.0. The number of anilines is 1. The first kappa shape index (κ1) is 29.0. The van der Waals surface area contributed by atoms with Crippen LogP contribution in [0.2, 0.25) is 0 Å². The van der Waals surface area contributed by atoms with Crippen molar-refractivity contribution in [2.75, 3.05) is 31.6 Å². The minimum absolute atomic E-state index is 0.173. The van der Waals surface area contributed by atoms with E-state index >= 15 is 0 Å². The van der Waals surface area contributed by atoms with Crippen LogP contribution in [-0.4, -0.2) is 83.2 Å². The van der Waals surface area contributed by atoms with Gasteiger partial charge >= 0.3 is 0 Å². The number of ether oxygens (including phenoxy) is 1. The van der Waals surface area contributed by atoms with Crippen molar-refractivity contribution in [3.05, 3.63) is 67.8 Å². The summed E-state index contributed by atoms with van der Waals surface area (Å²) in [6, 6.07) is 12.2. The Hall–Kier alpha value is -3.49. The maximum atomic E-state index is 14.8. The molecule has 3 aliphatic heterocycles. The third-order valence-corrected chi connectivity index (χ3v) is 9.01. The molecule has 0 radical (unpaired) electrons. The highest BCUT2D eigenvalue weighted by Crippen LogP contribution is 2.59. The Bertz CT molecular complexity index is 1360. The predicted molar refractivity (Wildman–Crippen MR) is 159 cm³/mol. The molecule has 3 saturated heterocycles. The lowest BCUT2D eigenvalue weighted by molar-refractivity contribution is -0.147. The fraction of sp³-hybridized carbons (Fsp3) is 0.485. The van der Waals surface area contributed by atoms with Gasteiger partial charge in [-0.3, -0.25) is 14.4 Å². The van der Waals surface area contributed by atoms with E-state index < -0.39 is 35.6 Å². The van der Waals surface area contributed by atoms with Crippen molar-refractivity contribution in [1.82, 2.24) is 9.80 Å². The van der Waals surface area contributed by atoms with E-state index in [-0.39, 0.29) is 36.8 Å². The topological polar surface area (TPSA) is 90.4 Å². The highest BCUT2D eigenvalue weighted by Gasteiger charge is 2.75. The number of hydrogen-bond donors (Lipinski definition) is 1. The molecule has 3 fully saturated rings. The van der Waals surface area contributed by atoms with Gasteiger partial charge in [-0.2, -0.15) is 0 Å². The van der Waals surface area contributed by atoms with E-state index in [1.54, 1.807) is 33.9 Å². The number of amides is 3. The lowest BCUT2D eigenvalue weighted by Gasteiger charge is -2.39. The number of rotatable bonds is 11. The van der Waals surface area contributed by atoms with Crippen LogP contribution >= 0.6 is 0 Å². The molecular weight excluding hydrogens is 518 g/mol. The van der Waals surface area contributed by atoms with Crippen molar-refractivity contribution in [3.63, 3.8) is 0 Å². The molecule has 8 heteroatoms. The molecule has 3 heterocycles. The first-order valence-corrected chi connectivity index (χ1v) is 14.6. The van der Waals surface area contributed by atoms with Gasteiger partial charge in [0.2, 0.25) is 11.8 Å². The number of carbonyl (C=O) groups is 3. The summed E-state index contributed by atoms with van der Waals surface area (Å²) < 4.78 is 6.62. The average Bonchev–Trinajstić information content (AvgIpc) is 3.61. The van der Waals surface area contributed by atoms with Crippen LogP contribution in [0.5, 0.6) is 0 Å². The zero-order valence-corrected chi connectivity index (χ0v) is 24.2. The number of likely N-dealkylation sites (N-methyl/N-ethyl adjacent to an activating group) is 1. The third-order valence-electron chi connectivity index (χ3n) is 9.01. The van der Waals surface area contributed by atoms with Gasteiger partial charge in [-0.05, 0) is 48.1 Å². The van der Waals surface area contributed by atoms with Crippen molar-refractivity contribution in [2.24, 2.45) is 17.8 Å². The van der Waals surface area contributed by atoms with Crippen molar-refractivity contribution < 1.29 is 24.2 Å². The molecule has 41 heavy (non-hydrogen) atoms. The maximum absolute atomic E-state index is 14.8. The molecule has 3 aliphatic rings. The quantitative estimate of drug-likeness (QED) is 0.423. The number of nitrogens with zero attached hydrogens (tertiary/aromatic N) is 3. The number of fused-ring (bicyclic) bond motifs is 2. The Morgan fingerprint density at radius 1 is 1.12 bits per heavy atom. The van der Waals surface area contributed by atoms with Crippen LogP contribution in [0.3, 0.4) is 0 Å². The molecule has 2 unspecified atom stereocenters. The second kappa shape index (κ2) is 11.4. The molecule has 0 aliphatic carbocycles. The van der Waals surface area contributed by atoms with Gasteiger partial charge in [0, 0.05) is 25.8 Å². The van der Waals surface area contributed by atoms with Gasteiger partial charge in [-0.15, -0.1) is 13.2 Å². The van der Waals surface area contributed by atoms with Crippen molar-refractivity contribution in [1.29, 1.82) is 0 Å². The molecule has 1 spiro atoms. The molecule has 2 aromatic carbocycles. The van der Waals surface area contributed by atoms with Crippen LogP contribution in [0.15, 0.2) is 67.8 Å². The molecule has 2 bridgehead atoms. The minimum Gasteiger partial charge on any atom is -0.394 e. The van der Waals surface area contributed by atoms with Crippen LogP contribution in [-0.2, 0) is 19.1 Å². The highest BCUT2D eigenvalue weighted by molar-refractivity contribution is 6.06. The summed E-state index contributed by atoms with van der Waals surface area (Å²) in [5.41, 5.74) is -0.453. The zero-order valence-electron chi connectivity index (χ0n) is 24.2. The van der Waals surface area contributed by atoms with Crippen molar-refractivity contribution in [2.45, 2.75) is 56.9 Å². The molecule has 8 nitrogen and oxygen atoms in total. The largest absolute Gasteiger partial charge is 0.394 e. The minimum atomic E-state index is -1.14. The standard InChI is InChI=1S/C33H41N3O5/c1-6-16-34(5)30(38)27-26-14-15-33(41-26)28(27)31(39)36(25(20-37)18-21(3)4)29(33)32(40)35(17-7-2)24-13-12-22-10-8-9-11-23(22)19-24/h6-13,19,21,25-29,37H,1-2,14-18,20H2,3-5H3/t25-,26-,27+,28+,29?,33?/m1/s1. The molecule has 0 saturated carbocycles. The summed E-state index contributed by atoms with van der Waals surface area (Å²) in [4.78, 5) is 47.6. The molecule has 1 N–H and O–H groups in total. The first-order chi connectivity index (χ1) is 19.7. The normalized spacial score (nSPS) is 27.2. The SMILES string of the molecule is C=CCN(C)C(=O)[C@@H]1[C@H]2C(=O)N([C@@H](CO)CC(C)C)C(C(=O)N(CC=C)c3ccc4ccccc4c3)C23CC[C@H]1O3. The summed E-state index contributed by atoms with van der Waals surface area (Å²) in [6.45, 7) is 12.0. The Morgan fingerprint density at radius 2 is 1.83 bits per heavy atom. The monoisotopic (exact) mass is 559 g/mol. The Balaban J connectivity index is 1.61. The van der Waals surface area contributed by atoms with E-state index in [0.29, 0.717) is 31.5 Å². The van der Waals surface area contributed by atoms with Gasteiger partial charge in [0.05, 0.1) is 30.6 Å². The van der Waals surface area contributed by atoms with E-state index in [0.717, 1.165) is 10.8 Å². The molecule has 3 amide bonds. The summed E-state index contributed by atoms with van der Waals surface area (Å²) in [5.74, 6) is -2.05. The third kappa shape index (κ3) is 4.77. The molecular formula is C33H41N3O5. The molecule has 6 atom stereocenters. The van der Waals surface area contributed by atoms with Gasteiger partial charge in [0.15, 0.2) is 0 Å². The van der Waals surface area contributed by atoms with E-state index in [1.165, 1.54) is 0 Å². The molecule has 0 aromatic heterocycles. The highest BCUT2D eigenvalue weighted by atomic mass is 16.5. The molecule has 5 rings (SSSR count). The van der Waals surface area contributed by atoms with Crippen LogP contribution in [0.4, 0.5) is 5.69 Å². The number of aliphatic hydroxyl groups is 1. The van der Waals surface area contributed by atoms with E-state index in [1.807, 2.05) is 56.3 Å². The van der Waals surface area contributed by atoms with Crippen molar-refractivity contribution >= 4 is 34.2 Å². The fourth-order valence-electron chi connectivity index (χ4n) is 7.35. The van der Waals surface area contributed by atoms with Gasteiger partial charge in [0.25, 0.3) is 5.91 Å². The van der Waals surface area contributed by atoms with Crippen LogP contribution in [0.1, 0.15) is 33.1 Å². The van der Waals surface area contributed by atoms with E-state index in [4.69, 9.17) is 4.74 Å². The Kier molecular flexibility index (Phi) is 8.08. The molecule has 218 valence electrons. The van der Waals surface area contributed by atoms with E-state index in [2.05, 4.69) is 13.2 Å². The summed E-state index contributed by atoms with van der Waals surface area (Å²) >= 11 is 0. The number of carbonyl (C=O) groups excluding carboxylic acids is 3. The fourth-order valence-corrected chi connectivity index (χ4v) is 7.35. The lowest BCUT2D eigenvalue weighted by Crippen LogP contribution is -2.59. The van der Waals surface area contributed by atoms with Gasteiger partial charge in [-0.1, -0.05) is 56.3 Å². The predicted octanol–water partition coefficient (Wildman–Crippen LogP) is 3.78. The van der Waals surface area contributed by atoms with Crippen LogP contribution in [0, 0.1) is 17.8 Å². The maximum Gasteiger partial charge on any atom is 0.253 e. The average molecular weight is 560 g/mol. The van der Waals surface area contributed by atoms with Crippen LogP contribution in [0.25, 0.3) is 10.8 Å². The van der Waals surface area contributed by atoms with Gasteiger partial charge in [-0.25, -0.2) is 0 Å². The Labute approximate surface area is 242 Å². The first-order valence-electron chi connectivity index (χ1n) is 14.6. The smallest absolute Gasteiger partial charge is 0.253 e. The summed E-state index contributed by atoms with van der Waals surface area (Å²) in [7, 11) is 1.70.